The predicted molar refractivity (Wildman–Crippen MR) is 27.0 cm³/mol. The molecule has 0 aliphatic carbocycles. The van der Waals surface area contributed by atoms with Crippen LogP contribution < -0.4 is 0 Å². The van der Waals surface area contributed by atoms with Gasteiger partial charge in [0.25, 0.3) is 0 Å². The van der Waals surface area contributed by atoms with Crippen LogP contribution in [0.4, 0.5) is 0 Å². The molecule has 0 aromatic carbocycles. The van der Waals surface area contributed by atoms with E-state index in [1.54, 1.807) is 0 Å². The molecule has 5 heteroatoms. The van der Waals surface area contributed by atoms with Gasteiger partial charge in [-0.05, 0) is 0 Å². The molecule has 3 N–H and O–H groups in total. The molecule has 0 saturated heterocycles. The quantitative estimate of drug-likeness (QED) is 0.462. The summed E-state index contributed by atoms with van der Waals surface area (Å²) in [7, 11) is 0. The van der Waals surface area contributed by atoms with Gasteiger partial charge < -0.3 is 15.3 Å². The van der Waals surface area contributed by atoms with Crippen molar-refractivity contribution in [1.29, 1.82) is 0 Å². The van der Waals surface area contributed by atoms with Crippen LogP contribution in [-0.4, -0.2) is 33.4 Å². The average Bonchev–Trinajstić information content (AvgIpc) is 1.63. The van der Waals surface area contributed by atoms with Crippen molar-refractivity contribution in [3.63, 3.8) is 0 Å². The molecular weight excluding hydrogens is 128 g/mol. The number of hydrogen-bond donors (Lipinski definition) is 3. The number of carboxylic acids is 2. The Labute approximate surface area is 52.0 Å². The Hall–Kier alpha value is -1.10. The van der Waals surface area contributed by atoms with Crippen LogP contribution in [0.3, 0.4) is 0 Å². The van der Waals surface area contributed by atoms with Gasteiger partial charge in [0.1, 0.15) is 0 Å². The second-order valence-corrected chi connectivity index (χ2v) is 1.45. The molecule has 0 aliphatic rings. The van der Waals surface area contributed by atoms with Crippen molar-refractivity contribution in [3.05, 3.63) is 0 Å². The van der Waals surface area contributed by atoms with Crippen LogP contribution in [0.25, 0.3) is 0 Å². The van der Waals surface area contributed by atoms with Crippen molar-refractivity contribution < 1.29 is 26.3 Å². The van der Waals surface area contributed by atoms with Gasteiger partial charge in [0.05, 0.1) is 6.42 Å². The maximum atomic E-state index is 9.72. The van der Waals surface area contributed by atoms with E-state index in [1.165, 1.54) is 0 Å². The van der Waals surface area contributed by atoms with E-state index < -0.39 is 24.5 Å². The zero-order valence-corrected chi connectivity index (χ0v) is 4.44. The summed E-state index contributed by atoms with van der Waals surface area (Å²) in [4.78, 5) is 19.4. The fraction of sp³-hybridized carbons (Fsp3) is 0.500. The minimum absolute atomic E-state index is 0. The van der Waals surface area contributed by atoms with Crippen LogP contribution in [0.15, 0.2) is 0 Å². The first-order valence-electron chi connectivity index (χ1n) is 2.16. The van der Waals surface area contributed by atoms with E-state index in [1.807, 2.05) is 0 Å². The lowest BCUT2D eigenvalue weighted by Crippen LogP contribution is -2.22. The van der Waals surface area contributed by atoms with Crippen molar-refractivity contribution in [3.8, 4) is 0 Å². The van der Waals surface area contributed by atoms with Crippen LogP contribution in [-0.2, 0) is 9.59 Å². The van der Waals surface area contributed by atoms with Crippen molar-refractivity contribution in [2.75, 3.05) is 0 Å². The van der Waals surface area contributed by atoms with Gasteiger partial charge in [-0.15, -0.1) is 0 Å². The molecule has 0 heterocycles. The fourth-order valence-electron chi connectivity index (χ4n) is 0.253. The van der Waals surface area contributed by atoms with E-state index in [2.05, 4.69) is 0 Å². The highest BCUT2D eigenvalue weighted by Crippen LogP contribution is 1.89. The second kappa shape index (κ2) is 3.03. The van der Waals surface area contributed by atoms with Gasteiger partial charge in [0, 0.05) is 0 Å². The van der Waals surface area contributed by atoms with Crippen LogP contribution >= 0.6 is 0 Å². The van der Waals surface area contributed by atoms with Gasteiger partial charge in [0.2, 0.25) is 0 Å². The molecule has 1 unspecified atom stereocenters. The molecule has 0 aliphatic heterocycles. The summed E-state index contributed by atoms with van der Waals surface area (Å²) in [6.07, 6.45) is -2.54. The van der Waals surface area contributed by atoms with Crippen molar-refractivity contribution >= 4 is 11.9 Å². The number of rotatable bonds is 3. The molecule has 5 nitrogen and oxygen atoms in total. The molecule has 0 radical (unpaired) electrons. The van der Waals surface area contributed by atoms with Crippen LogP contribution in [0, 0.1) is 0 Å². The highest BCUT2D eigenvalue weighted by atomic mass is 16.4. The summed E-state index contributed by atoms with van der Waals surface area (Å²) >= 11 is 0. The fourth-order valence-corrected chi connectivity index (χ4v) is 0.253. The first-order chi connectivity index (χ1) is 4.04. The third-order valence-electron chi connectivity index (χ3n) is 0.653. The molecule has 0 saturated carbocycles. The molecule has 0 aromatic heterocycles. The van der Waals surface area contributed by atoms with Crippen molar-refractivity contribution in [2.45, 2.75) is 12.5 Å². The molecule has 0 fully saturated rings. The maximum absolute atomic E-state index is 9.72. The molecule has 9 heavy (non-hydrogen) atoms. The second-order valence-electron chi connectivity index (χ2n) is 1.45. The number of hydrogen-bond acceptors (Lipinski definition) is 3. The molecule has 0 aromatic rings. The summed E-state index contributed by atoms with van der Waals surface area (Å²) in [6, 6.07) is 0. The Morgan fingerprint density at radius 2 is 1.89 bits per heavy atom. The summed E-state index contributed by atoms with van der Waals surface area (Å²) in [6.45, 7) is 0. The molecule has 0 rings (SSSR count). The average molecular weight is 135 g/mol. The standard InChI is InChI=1S/C4H6O5/c5-2(4(8)9)1-3(6)7/h2,5H,1H2,(H,6,7)(H,8,9)/p+1. The van der Waals surface area contributed by atoms with E-state index in [9.17, 15) is 9.59 Å². The van der Waals surface area contributed by atoms with E-state index in [4.69, 9.17) is 15.3 Å². The molecule has 1 atom stereocenters. The number of aliphatic hydroxyl groups is 1. The number of aliphatic carboxylic acids is 2. The van der Waals surface area contributed by atoms with Gasteiger partial charge >= 0.3 is 13.4 Å². The van der Waals surface area contributed by atoms with Gasteiger partial charge in [-0.25, -0.2) is 4.79 Å². The summed E-state index contributed by atoms with van der Waals surface area (Å²) < 4.78 is 0. The minimum atomic E-state index is -1.79. The zero-order valence-electron chi connectivity index (χ0n) is 5.44. The largest absolute Gasteiger partial charge is 1.00 e. The van der Waals surface area contributed by atoms with E-state index in [-0.39, 0.29) is 1.43 Å². The highest BCUT2D eigenvalue weighted by molar-refractivity contribution is 5.79. The van der Waals surface area contributed by atoms with Gasteiger partial charge in [-0.3, -0.25) is 4.79 Å². The predicted octanol–water partition coefficient (Wildman–Crippen LogP) is -0.981. The molecule has 52 valence electrons. The Morgan fingerprint density at radius 1 is 1.44 bits per heavy atom. The van der Waals surface area contributed by atoms with Gasteiger partial charge in [-0.2, -0.15) is 0 Å². The first-order valence-corrected chi connectivity index (χ1v) is 2.16. The lowest BCUT2D eigenvalue weighted by Gasteiger charge is -1.97. The van der Waals surface area contributed by atoms with Crippen molar-refractivity contribution in [1.82, 2.24) is 0 Å². The zero-order chi connectivity index (χ0) is 7.44. The number of carbonyl (C=O) groups is 2. The lowest BCUT2D eigenvalue weighted by atomic mass is 10.3. The van der Waals surface area contributed by atoms with Crippen LogP contribution in [0.1, 0.15) is 7.85 Å². The number of aliphatic hydroxyl groups excluding tert-OH is 1. The summed E-state index contributed by atoms with van der Waals surface area (Å²) in [5, 5.41) is 24.1. The normalized spacial score (nSPS) is 12.6. The summed E-state index contributed by atoms with van der Waals surface area (Å²) in [5.41, 5.74) is 0. The van der Waals surface area contributed by atoms with E-state index in [0.29, 0.717) is 0 Å². The summed E-state index contributed by atoms with van der Waals surface area (Å²) in [5.74, 6) is -2.85. The Morgan fingerprint density at radius 3 is 2.00 bits per heavy atom. The molecular formula is C4H7O5+. The molecule has 0 amide bonds. The third kappa shape index (κ3) is 3.48. The molecule has 0 spiro atoms. The first kappa shape index (κ1) is 7.90. The lowest BCUT2D eigenvalue weighted by molar-refractivity contribution is -0.152. The number of carboxylic acid groups (broad SMARTS) is 2. The Balaban J connectivity index is 0. The van der Waals surface area contributed by atoms with Crippen molar-refractivity contribution in [2.24, 2.45) is 0 Å². The molecule has 0 bridgehead atoms. The monoisotopic (exact) mass is 135 g/mol. The van der Waals surface area contributed by atoms with E-state index >= 15 is 0 Å². The van der Waals surface area contributed by atoms with Gasteiger partial charge in [0.15, 0.2) is 6.10 Å². The third-order valence-corrected chi connectivity index (χ3v) is 0.653. The maximum Gasteiger partial charge on any atom is 1.00 e. The van der Waals surface area contributed by atoms with E-state index in [0.717, 1.165) is 0 Å². The smallest absolute Gasteiger partial charge is 0.481 e. The Kier molecular flexibility index (Phi) is 2.66. The minimum Gasteiger partial charge on any atom is -0.481 e. The Bertz CT molecular complexity index is 134. The van der Waals surface area contributed by atoms with Gasteiger partial charge in [-0.1, -0.05) is 0 Å². The van der Waals surface area contributed by atoms with Crippen LogP contribution in [0.2, 0.25) is 0 Å². The van der Waals surface area contributed by atoms with Crippen LogP contribution in [0.5, 0.6) is 0 Å². The SMILES string of the molecule is O=C(O)CC(O)C(=O)O.[H+]. The topological polar surface area (TPSA) is 94.8 Å². The highest BCUT2D eigenvalue weighted by Gasteiger charge is 2.16.